The van der Waals surface area contributed by atoms with Crippen LogP contribution in [0.2, 0.25) is 0 Å². The molecule has 0 bridgehead atoms. The van der Waals surface area contributed by atoms with Crippen molar-refractivity contribution in [1.82, 2.24) is 4.90 Å². The number of ether oxygens (including phenoxy) is 1. The van der Waals surface area contributed by atoms with E-state index in [1.807, 2.05) is 32.9 Å². The van der Waals surface area contributed by atoms with Crippen molar-refractivity contribution in [3.8, 4) is 0 Å². The first-order valence-electron chi connectivity index (χ1n) is 7.10. The number of piperidine rings is 1. The first-order chi connectivity index (χ1) is 9.33. The van der Waals surface area contributed by atoms with Crippen LogP contribution in [0.5, 0.6) is 0 Å². The van der Waals surface area contributed by atoms with E-state index in [0.717, 1.165) is 24.7 Å². The van der Waals surface area contributed by atoms with E-state index in [9.17, 15) is 9.59 Å². The van der Waals surface area contributed by atoms with Crippen LogP contribution in [0.3, 0.4) is 0 Å². The van der Waals surface area contributed by atoms with Gasteiger partial charge in [-0.1, -0.05) is 24.3 Å². The topological polar surface area (TPSA) is 46.6 Å². The molecule has 0 radical (unpaired) electrons. The monoisotopic (exact) mass is 279 g/mol. The van der Waals surface area contributed by atoms with Gasteiger partial charge in [0.2, 0.25) is 0 Å². The predicted molar refractivity (Wildman–Crippen MR) is 79.5 cm³/mol. The number of hydrogen-bond donors (Lipinski definition) is 0. The highest BCUT2D eigenvalue weighted by Crippen LogP contribution is 2.25. The highest BCUT2D eigenvalue weighted by Gasteiger charge is 2.27. The minimum Gasteiger partial charge on any atom is -0.444 e. The maximum Gasteiger partial charge on any atom is 0.410 e. The lowest BCUT2D eigenvalue weighted by molar-refractivity contribution is -0.107. The van der Waals surface area contributed by atoms with Gasteiger partial charge in [0, 0.05) is 19.5 Å². The second kappa shape index (κ2) is 7.27. The molecule has 0 aromatic rings. The van der Waals surface area contributed by atoms with Crippen molar-refractivity contribution >= 4 is 12.4 Å². The molecule has 0 N–H and O–H groups in total. The molecule has 1 amide bonds. The number of allylic oxidation sites excluding steroid dienone is 3. The fourth-order valence-electron chi connectivity index (χ4n) is 2.17. The average Bonchev–Trinajstić information content (AvgIpc) is 2.37. The molecular formula is C16H25NO3. The lowest BCUT2D eigenvalue weighted by Crippen LogP contribution is -2.41. The number of likely N-dealkylation sites (tertiary alicyclic amines) is 1. The van der Waals surface area contributed by atoms with Crippen molar-refractivity contribution in [2.45, 2.75) is 45.6 Å². The second-order valence-electron chi connectivity index (χ2n) is 6.12. The molecule has 0 aliphatic carbocycles. The molecule has 0 atom stereocenters. The third-order valence-corrected chi connectivity index (χ3v) is 3.24. The Labute approximate surface area is 121 Å². The summed E-state index contributed by atoms with van der Waals surface area (Å²) in [6.45, 7) is 11.0. The van der Waals surface area contributed by atoms with Crippen LogP contribution in [0.15, 0.2) is 24.3 Å². The van der Waals surface area contributed by atoms with Gasteiger partial charge in [0.05, 0.1) is 0 Å². The fourth-order valence-corrected chi connectivity index (χ4v) is 2.17. The van der Waals surface area contributed by atoms with Crippen molar-refractivity contribution < 1.29 is 14.3 Å². The lowest BCUT2D eigenvalue weighted by atomic mass is 9.90. The van der Waals surface area contributed by atoms with Crippen LogP contribution in [0.25, 0.3) is 0 Å². The van der Waals surface area contributed by atoms with E-state index >= 15 is 0 Å². The summed E-state index contributed by atoms with van der Waals surface area (Å²) in [5.74, 6) is 0.386. The highest BCUT2D eigenvalue weighted by molar-refractivity contribution is 5.68. The van der Waals surface area contributed by atoms with Gasteiger partial charge in [-0.2, -0.15) is 0 Å². The average molecular weight is 279 g/mol. The Hall–Kier alpha value is -1.58. The zero-order chi connectivity index (χ0) is 15.2. The summed E-state index contributed by atoms with van der Waals surface area (Å²) in [4.78, 5) is 23.9. The normalized spacial score (nSPS) is 17.2. The summed E-state index contributed by atoms with van der Waals surface area (Å²) in [5, 5.41) is 0. The minimum absolute atomic E-state index is 0.238. The number of carbonyl (C=O) groups excluding carboxylic acids is 2. The summed E-state index contributed by atoms with van der Waals surface area (Å²) < 4.78 is 5.36. The van der Waals surface area contributed by atoms with Crippen LogP contribution < -0.4 is 0 Å². The molecule has 0 aromatic heterocycles. The summed E-state index contributed by atoms with van der Waals surface area (Å²) in [5.41, 5.74) is 0.588. The Bertz CT molecular complexity index is 385. The molecule has 0 aromatic carbocycles. The molecule has 4 heteroatoms. The lowest BCUT2D eigenvalue weighted by Gasteiger charge is -2.33. The van der Waals surface area contributed by atoms with Crippen LogP contribution >= 0.6 is 0 Å². The molecule has 0 saturated carbocycles. The third-order valence-electron chi connectivity index (χ3n) is 3.24. The molecule has 20 heavy (non-hydrogen) atoms. The van der Waals surface area contributed by atoms with Crippen LogP contribution in [0.4, 0.5) is 4.79 Å². The molecule has 1 heterocycles. The molecule has 1 fully saturated rings. The Morgan fingerprint density at radius 2 is 1.95 bits per heavy atom. The summed E-state index contributed by atoms with van der Waals surface area (Å²) in [7, 11) is 0. The quantitative estimate of drug-likeness (QED) is 0.585. The number of rotatable bonds is 4. The third kappa shape index (κ3) is 5.59. The number of aldehydes is 1. The Kier molecular flexibility index (Phi) is 5.99. The van der Waals surface area contributed by atoms with Gasteiger partial charge in [-0.3, -0.25) is 0 Å². The number of nitrogens with zero attached hydrogens (tertiary/aromatic N) is 1. The number of carbonyl (C=O) groups is 2. The van der Waals surface area contributed by atoms with Crippen LogP contribution in [0.1, 0.15) is 40.0 Å². The van der Waals surface area contributed by atoms with Crippen LogP contribution in [-0.2, 0) is 9.53 Å². The van der Waals surface area contributed by atoms with Gasteiger partial charge < -0.3 is 14.4 Å². The Morgan fingerprint density at radius 1 is 1.35 bits per heavy atom. The van der Waals surface area contributed by atoms with Gasteiger partial charge in [0.15, 0.2) is 0 Å². The Morgan fingerprint density at radius 3 is 2.45 bits per heavy atom. The molecule has 1 saturated heterocycles. The SMILES string of the molecule is C=C(/C=C\CC=O)C1CCN(C(=O)OC(C)(C)C)CC1. The fraction of sp³-hybridized carbons (Fsp3) is 0.625. The van der Waals surface area contributed by atoms with Gasteiger partial charge in [0.1, 0.15) is 11.9 Å². The molecule has 1 aliphatic heterocycles. The molecule has 0 spiro atoms. The van der Waals surface area contributed by atoms with Crippen molar-refractivity contribution in [3.63, 3.8) is 0 Å². The van der Waals surface area contributed by atoms with Gasteiger partial charge in [-0.15, -0.1) is 0 Å². The second-order valence-corrected chi connectivity index (χ2v) is 6.12. The van der Waals surface area contributed by atoms with Crippen LogP contribution in [-0.4, -0.2) is 36.0 Å². The summed E-state index contributed by atoms with van der Waals surface area (Å²) >= 11 is 0. The van der Waals surface area contributed by atoms with E-state index in [1.165, 1.54) is 0 Å². The van der Waals surface area contributed by atoms with E-state index in [-0.39, 0.29) is 6.09 Å². The zero-order valence-electron chi connectivity index (χ0n) is 12.7. The first-order valence-corrected chi connectivity index (χ1v) is 7.10. The van der Waals surface area contributed by atoms with E-state index in [2.05, 4.69) is 6.58 Å². The summed E-state index contributed by atoms with van der Waals surface area (Å²) in [6.07, 6.45) is 6.59. The van der Waals surface area contributed by atoms with Crippen LogP contribution in [0, 0.1) is 5.92 Å². The minimum atomic E-state index is -0.449. The molecule has 1 aliphatic rings. The van der Waals surface area contributed by atoms with Gasteiger partial charge >= 0.3 is 6.09 Å². The molecule has 0 unspecified atom stereocenters. The number of hydrogen-bond acceptors (Lipinski definition) is 3. The standard InChI is InChI=1S/C16H25NO3/c1-13(7-5-6-12-18)14-8-10-17(11-9-14)15(19)20-16(2,3)4/h5,7,12,14H,1,6,8-11H2,2-4H3/b7-5-. The van der Waals surface area contributed by atoms with E-state index in [0.29, 0.717) is 25.4 Å². The first kappa shape index (κ1) is 16.5. The smallest absolute Gasteiger partial charge is 0.410 e. The van der Waals surface area contributed by atoms with E-state index < -0.39 is 5.60 Å². The maximum atomic E-state index is 11.9. The molecule has 1 rings (SSSR count). The zero-order valence-corrected chi connectivity index (χ0v) is 12.7. The number of amides is 1. The molecule has 112 valence electrons. The van der Waals surface area contributed by atoms with E-state index in [1.54, 1.807) is 4.90 Å². The Balaban J connectivity index is 2.41. The van der Waals surface area contributed by atoms with Crippen molar-refractivity contribution in [2.24, 2.45) is 5.92 Å². The van der Waals surface area contributed by atoms with Crippen molar-refractivity contribution in [1.29, 1.82) is 0 Å². The van der Waals surface area contributed by atoms with Crippen molar-refractivity contribution in [2.75, 3.05) is 13.1 Å². The van der Waals surface area contributed by atoms with Crippen molar-refractivity contribution in [3.05, 3.63) is 24.3 Å². The van der Waals surface area contributed by atoms with Gasteiger partial charge in [-0.05, 0) is 39.5 Å². The van der Waals surface area contributed by atoms with E-state index in [4.69, 9.17) is 4.74 Å². The maximum absolute atomic E-state index is 11.9. The summed E-state index contributed by atoms with van der Waals surface area (Å²) in [6, 6.07) is 0. The predicted octanol–water partition coefficient (Wildman–Crippen LogP) is 3.33. The van der Waals surface area contributed by atoms with Gasteiger partial charge in [0.25, 0.3) is 0 Å². The highest BCUT2D eigenvalue weighted by atomic mass is 16.6. The molecule has 4 nitrogen and oxygen atoms in total. The largest absolute Gasteiger partial charge is 0.444 e. The molecular weight excluding hydrogens is 254 g/mol. The van der Waals surface area contributed by atoms with Gasteiger partial charge in [-0.25, -0.2) is 4.79 Å².